The summed E-state index contributed by atoms with van der Waals surface area (Å²) in [5.41, 5.74) is -0.0172. The van der Waals surface area contributed by atoms with Gasteiger partial charge >= 0.3 is 6.18 Å². The number of hydrogen-bond donors (Lipinski definition) is 1. The Hall–Kier alpha value is -3.20. The van der Waals surface area contributed by atoms with Crippen LogP contribution in [0.25, 0.3) is 16.7 Å². The fourth-order valence-electron chi connectivity index (χ4n) is 2.75. The highest BCUT2D eigenvalue weighted by Gasteiger charge is 2.33. The van der Waals surface area contributed by atoms with Crippen LogP contribution in [-0.4, -0.2) is 20.4 Å². The monoisotopic (exact) mass is 388 g/mol. The maximum absolute atomic E-state index is 13.3. The van der Waals surface area contributed by atoms with E-state index in [-0.39, 0.29) is 10.5 Å². The Labute approximate surface area is 154 Å². The normalized spacial score (nSPS) is 12.6. The average molecular weight is 388 g/mol. The number of thiazole rings is 1. The molecule has 0 saturated carbocycles. The van der Waals surface area contributed by atoms with Gasteiger partial charge in [-0.25, -0.2) is 4.98 Å². The zero-order chi connectivity index (χ0) is 19.0. The fraction of sp³-hybridized carbons (Fsp3) is 0.0556. The van der Waals surface area contributed by atoms with Gasteiger partial charge in [0.25, 0.3) is 5.91 Å². The Morgan fingerprint density at radius 3 is 2.81 bits per heavy atom. The molecule has 0 aliphatic carbocycles. The van der Waals surface area contributed by atoms with Gasteiger partial charge in [0.15, 0.2) is 4.80 Å². The molecule has 1 aromatic carbocycles. The number of carbonyl (C=O) groups is 1. The van der Waals surface area contributed by atoms with E-state index in [0.717, 1.165) is 17.4 Å². The van der Waals surface area contributed by atoms with Gasteiger partial charge in [-0.1, -0.05) is 12.1 Å². The van der Waals surface area contributed by atoms with E-state index in [2.05, 4.69) is 15.0 Å². The number of benzene rings is 1. The van der Waals surface area contributed by atoms with E-state index in [1.807, 2.05) is 0 Å². The smallest absolute Gasteiger partial charge is 0.346 e. The van der Waals surface area contributed by atoms with Crippen LogP contribution in [0.15, 0.2) is 65.4 Å². The maximum atomic E-state index is 13.3. The third-order valence-corrected chi connectivity index (χ3v) is 4.70. The number of halogens is 3. The molecule has 5 nitrogen and oxygen atoms in total. The molecule has 0 aliphatic rings. The third kappa shape index (κ3) is 3.17. The third-order valence-electron chi connectivity index (χ3n) is 3.95. The summed E-state index contributed by atoms with van der Waals surface area (Å²) in [5.74, 6) is -0.553. The van der Waals surface area contributed by atoms with Crippen molar-refractivity contribution in [3.05, 3.63) is 76.3 Å². The zero-order valence-corrected chi connectivity index (χ0v) is 14.4. The summed E-state index contributed by atoms with van der Waals surface area (Å²) in [6, 6.07) is 8.40. The molecule has 1 amide bonds. The van der Waals surface area contributed by atoms with Gasteiger partial charge in [0.2, 0.25) is 0 Å². The van der Waals surface area contributed by atoms with Gasteiger partial charge < -0.3 is 4.98 Å². The second kappa shape index (κ2) is 6.51. The van der Waals surface area contributed by atoms with Crippen LogP contribution in [0.1, 0.15) is 15.9 Å². The summed E-state index contributed by atoms with van der Waals surface area (Å²) < 4.78 is 41.2. The molecule has 0 spiro atoms. The van der Waals surface area contributed by atoms with Crippen molar-refractivity contribution >= 4 is 28.3 Å². The minimum absolute atomic E-state index is 0.0840. The number of pyridine rings is 1. The molecule has 0 unspecified atom stereocenters. The Balaban J connectivity index is 1.84. The van der Waals surface area contributed by atoms with E-state index in [1.54, 1.807) is 17.6 Å². The second-order valence-electron chi connectivity index (χ2n) is 5.59. The number of rotatable bonds is 2. The number of aromatic amines is 1. The van der Waals surface area contributed by atoms with E-state index in [9.17, 15) is 18.0 Å². The topological polar surface area (TPSA) is 63.0 Å². The van der Waals surface area contributed by atoms with Gasteiger partial charge in [-0.15, -0.1) is 11.3 Å². The SMILES string of the molecule is O=C(/N=c1\sccn1-c1ccccc1C(F)(F)F)c1ccnc2[nH]ccc12. The Bertz CT molecular complexity index is 1200. The summed E-state index contributed by atoms with van der Waals surface area (Å²) in [5, 5.41) is 2.18. The zero-order valence-electron chi connectivity index (χ0n) is 13.6. The lowest BCUT2D eigenvalue weighted by Gasteiger charge is -2.13. The Morgan fingerprint density at radius 1 is 1.19 bits per heavy atom. The first-order valence-corrected chi connectivity index (χ1v) is 8.67. The van der Waals surface area contributed by atoms with E-state index < -0.39 is 17.6 Å². The van der Waals surface area contributed by atoms with E-state index in [4.69, 9.17) is 0 Å². The highest BCUT2D eigenvalue weighted by Crippen LogP contribution is 2.33. The van der Waals surface area contributed by atoms with Crippen molar-refractivity contribution in [1.82, 2.24) is 14.5 Å². The first-order valence-electron chi connectivity index (χ1n) is 7.79. The molecule has 3 aromatic heterocycles. The molecule has 27 heavy (non-hydrogen) atoms. The molecule has 136 valence electrons. The van der Waals surface area contributed by atoms with Crippen molar-refractivity contribution in [2.24, 2.45) is 4.99 Å². The predicted octanol–water partition coefficient (Wildman–Crippen LogP) is 4.18. The predicted molar refractivity (Wildman–Crippen MR) is 94.6 cm³/mol. The van der Waals surface area contributed by atoms with Crippen LogP contribution in [0.4, 0.5) is 13.2 Å². The molecule has 0 atom stereocenters. The quantitative estimate of drug-likeness (QED) is 0.560. The molecule has 4 rings (SSSR count). The molecule has 0 radical (unpaired) electrons. The molecular formula is C18H11F3N4OS. The number of amides is 1. The number of fused-ring (bicyclic) bond motifs is 1. The molecule has 0 bridgehead atoms. The van der Waals surface area contributed by atoms with Crippen molar-refractivity contribution in [3.8, 4) is 5.69 Å². The second-order valence-corrected chi connectivity index (χ2v) is 6.46. The molecule has 9 heteroatoms. The molecule has 0 saturated heterocycles. The number of aromatic nitrogens is 3. The van der Waals surface area contributed by atoms with Crippen LogP contribution in [-0.2, 0) is 6.18 Å². The average Bonchev–Trinajstić information content (AvgIpc) is 3.29. The van der Waals surface area contributed by atoms with Crippen LogP contribution < -0.4 is 4.80 Å². The van der Waals surface area contributed by atoms with Crippen molar-refractivity contribution < 1.29 is 18.0 Å². The van der Waals surface area contributed by atoms with Crippen molar-refractivity contribution in [2.45, 2.75) is 6.18 Å². The first-order chi connectivity index (χ1) is 12.9. The summed E-state index contributed by atoms with van der Waals surface area (Å²) in [6.07, 6.45) is 0.0668. The minimum Gasteiger partial charge on any atom is -0.346 e. The Morgan fingerprint density at radius 2 is 2.00 bits per heavy atom. The summed E-state index contributed by atoms with van der Waals surface area (Å²) in [7, 11) is 0. The van der Waals surface area contributed by atoms with Crippen molar-refractivity contribution in [2.75, 3.05) is 0 Å². The number of hydrogen-bond acceptors (Lipinski definition) is 3. The number of para-hydroxylation sites is 1. The van der Waals surface area contributed by atoms with Gasteiger partial charge in [-0.05, 0) is 24.3 Å². The molecule has 4 aromatic rings. The van der Waals surface area contributed by atoms with Crippen molar-refractivity contribution in [1.29, 1.82) is 0 Å². The van der Waals surface area contributed by atoms with Gasteiger partial charge in [-0.2, -0.15) is 18.2 Å². The largest absolute Gasteiger partial charge is 0.418 e. The van der Waals surface area contributed by atoms with E-state index >= 15 is 0 Å². The number of H-pyrrole nitrogens is 1. The molecular weight excluding hydrogens is 377 g/mol. The van der Waals surface area contributed by atoms with Crippen LogP contribution in [0.3, 0.4) is 0 Å². The number of carbonyl (C=O) groups excluding carboxylic acids is 1. The van der Waals surface area contributed by atoms with Gasteiger partial charge in [0.05, 0.1) is 16.8 Å². The van der Waals surface area contributed by atoms with Gasteiger partial charge in [0.1, 0.15) is 5.65 Å². The van der Waals surface area contributed by atoms with E-state index in [0.29, 0.717) is 16.6 Å². The summed E-state index contributed by atoms with van der Waals surface area (Å²) in [6.45, 7) is 0. The maximum Gasteiger partial charge on any atom is 0.418 e. The fourth-order valence-corrected chi connectivity index (χ4v) is 3.47. The molecule has 3 heterocycles. The lowest BCUT2D eigenvalue weighted by Crippen LogP contribution is -2.19. The number of nitrogens with one attached hydrogen (secondary N) is 1. The lowest BCUT2D eigenvalue weighted by atomic mass is 10.1. The van der Waals surface area contributed by atoms with Crippen molar-refractivity contribution in [3.63, 3.8) is 0 Å². The van der Waals surface area contributed by atoms with Gasteiger partial charge in [-0.3, -0.25) is 9.36 Å². The van der Waals surface area contributed by atoms with Gasteiger partial charge in [0, 0.05) is 29.4 Å². The highest BCUT2D eigenvalue weighted by atomic mass is 32.1. The molecule has 1 N–H and O–H groups in total. The minimum atomic E-state index is -4.52. The summed E-state index contributed by atoms with van der Waals surface area (Å²) >= 11 is 1.08. The van der Waals surface area contributed by atoms with Crippen LogP contribution >= 0.6 is 11.3 Å². The first kappa shape index (κ1) is 17.2. The molecule has 0 fully saturated rings. The number of nitrogens with zero attached hydrogens (tertiary/aromatic N) is 3. The van der Waals surface area contributed by atoms with Crippen LogP contribution in [0.2, 0.25) is 0 Å². The standard InChI is InChI=1S/C18H11F3N4OS/c19-18(20,21)13-3-1-2-4-14(13)25-9-10-27-17(25)24-16(26)12-6-8-23-15-11(12)5-7-22-15/h1-10H,(H,22,23)/b24-17-. The lowest BCUT2D eigenvalue weighted by molar-refractivity contribution is -0.137. The van der Waals surface area contributed by atoms with Crippen LogP contribution in [0.5, 0.6) is 0 Å². The number of alkyl halides is 3. The van der Waals surface area contributed by atoms with E-state index in [1.165, 1.54) is 41.2 Å². The highest BCUT2D eigenvalue weighted by molar-refractivity contribution is 7.07. The summed E-state index contributed by atoms with van der Waals surface area (Å²) in [4.78, 5) is 23.9. The Kier molecular flexibility index (Phi) is 4.15. The van der Waals surface area contributed by atoms with Crippen LogP contribution in [0, 0.1) is 0 Å². The molecule has 0 aliphatic heterocycles.